The zero-order chi connectivity index (χ0) is 30.9. The summed E-state index contributed by atoms with van der Waals surface area (Å²) in [6, 6.07) is 32.7. The molecule has 1 atom stereocenters. The first-order valence-corrected chi connectivity index (χ1v) is 14.8. The van der Waals surface area contributed by atoms with Crippen molar-refractivity contribution in [3.63, 3.8) is 0 Å². The van der Waals surface area contributed by atoms with E-state index in [1.165, 1.54) is 12.1 Å². The van der Waals surface area contributed by atoms with E-state index in [9.17, 15) is 14.0 Å². The second kappa shape index (κ2) is 11.9. The minimum Gasteiger partial charge on any atom is -0.473 e. The van der Waals surface area contributed by atoms with Crippen molar-refractivity contribution in [3.8, 4) is 11.8 Å². The Bertz CT molecular complexity index is 1900. The highest BCUT2D eigenvalue weighted by molar-refractivity contribution is 6.12. The molecule has 0 bridgehead atoms. The monoisotopic (exact) mass is 599 g/mol. The van der Waals surface area contributed by atoms with Gasteiger partial charge in [0, 0.05) is 29.7 Å². The molecule has 0 N–H and O–H groups in total. The third-order valence-electron chi connectivity index (χ3n) is 8.23. The lowest BCUT2D eigenvalue weighted by Crippen LogP contribution is -2.29. The van der Waals surface area contributed by atoms with Gasteiger partial charge in [-0.05, 0) is 58.7 Å². The van der Waals surface area contributed by atoms with Crippen molar-refractivity contribution in [2.75, 3.05) is 16.3 Å². The van der Waals surface area contributed by atoms with Crippen LogP contribution in [0.15, 0.2) is 109 Å². The van der Waals surface area contributed by atoms with E-state index in [4.69, 9.17) is 9.47 Å². The molecule has 2 aliphatic heterocycles. The van der Waals surface area contributed by atoms with Gasteiger partial charge in [-0.3, -0.25) is 14.5 Å². The lowest BCUT2D eigenvalue weighted by Gasteiger charge is -2.20. The van der Waals surface area contributed by atoms with E-state index >= 15 is 0 Å². The molecule has 0 spiro atoms. The van der Waals surface area contributed by atoms with Gasteiger partial charge in [-0.15, -0.1) is 0 Å². The summed E-state index contributed by atoms with van der Waals surface area (Å²) in [6.45, 7) is 3.32. The van der Waals surface area contributed by atoms with E-state index in [2.05, 4.69) is 4.98 Å². The standard InChI is InChI=1S/C37H30FN3O4/c1-24-20-40(33-19-29(38)13-15-30(24)33)36(42)27-12-14-31-28(18-27)21-41(37(31)43)32-16-17-34(44-22-25-8-4-2-5-9-25)39-35(32)45-23-26-10-6-3-7-11-26/h2-19,24H,20-23H2,1H3/t24-/m0/s1. The van der Waals surface area contributed by atoms with Crippen LogP contribution in [-0.4, -0.2) is 23.3 Å². The maximum Gasteiger partial charge on any atom is 0.259 e. The summed E-state index contributed by atoms with van der Waals surface area (Å²) < 4.78 is 26.2. The second-order valence-electron chi connectivity index (χ2n) is 11.3. The van der Waals surface area contributed by atoms with Crippen LogP contribution in [0, 0.1) is 5.82 Å². The van der Waals surface area contributed by atoms with E-state index in [-0.39, 0.29) is 42.6 Å². The number of aromatic nitrogens is 1. The van der Waals surface area contributed by atoms with Crippen molar-refractivity contribution >= 4 is 23.2 Å². The van der Waals surface area contributed by atoms with Gasteiger partial charge in [-0.1, -0.05) is 73.7 Å². The second-order valence-corrected chi connectivity index (χ2v) is 11.3. The normalized spacial score (nSPS) is 15.2. The van der Waals surface area contributed by atoms with Crippen LogP contribution in [0.25, 0.3) is 0 Å². The summed E-state index contributed by atoms with van der Waals surface area (Å²) >= 11 is 0. The van der Waals surface area contributed by atoms with Crippen molar-refractivity contribution in [1.29, 1.82) is 0 Å². The first kappa shape index (κ1) is 28.3. The van der Waals surface area contributed by atoms with Crippen LogP contribution in [0.1, 0.15) is 55.8 Å². The number of carbonyl (C=O) groups is 2. The highest BCUT2D eigenvalue weighted by atomic mass is 19.1. The molecule has 3 heterocycles. The molecule has 0 unspecified atom stereocenters. The minimum atomic E-state index is -0.383. The molecule has 0 saturated heterocycles. The summed E-state index contributed by atoms with van der Waals surface area (Å²) in [7, 11) is 0. The largest absolute Gasteiger partial charge is 0.473 e. The third kappa shape index (κ3) is 5.62. The van der Waals surface area contributed by atoms with Crippen molar-refractivity contribution in [2.24, 2.45) is 0 Å². The lowest BCUT2D eigenvalue weighted by molar-refractivity contribution is 0.0981. The first-order valence-electron chi connectivity index (χ1n) is 14.8. The predicted molar refractivity (Wildman–Crippen MR) is 169 cm³/mol. The minimum absolute atomic E-state index is 0.0949. The van der Waals surface area contributed by atoms with Gasteiger partial charge in [-0.2, -0.15) is 4.98 Å². The molecule has 0 saturated carbocycles. The number of halogens is 1. The van der Waals surface area contributed by atoms with Gasteiger partial charge in [0.1, 0.15) is 24.7 Å². The summed E-state index contributed by atoms with van der Waals surface area (Å²) in [5.74, 6) is -0.0848. The summed E-state index contributed by atoms with van der Waals surface area (Å²) in [6.07, 6.45) is 0. The number of pyridine rings is 1. The molecule has 0 fully saturated rings. The van der Waals surface area contributed by atoms with Gasteiger partial charge >= 0.3 is 0 Å². The first-order chi connectivity index (χ1) is 21.9. The predicted octanol–water partition coefficient (Wildman–Crippen LogP) is 7.30. The van der Waals surface area contributed by atoms with Crippen LogP contribution >= 0.6 is 0 Å². The molecule has 2 aliphatic rings. The average Bonchev–Trinajstić information content (AvgIpc) is 3.58. The van der Waals surface area contributed by atoms with Crippen LogP contribution in [0.3, 0.4) is 0 Å². The van der Waals surface area contributed by atoms with E-state index in [1.807, 2.05) is 67.6 Å². The van der Waals surface area contributed by atoms with Crippen LogP contribution in [-0.2, 0) is 19.8 Å². The molecule has 0 aliphatic carbocycles. The molecule has 45 heavy (non-hydrogen) atoms. The van der Waals surface area contributed by atoms with Crippen molar-refractivity contribution in [3.05, 3.63) is 148 Å². The zero-order valence-corrected chi connectivity index (χ0v) is 24.7. The van der Waals surface area contributed by atoms with E-state index < -0.39 is 0 Å². The Balaban J connectivity index is 1.15. The Morgan fingerprint density at radius 3 is 2.29 bits per heavy atom. The fourth-order valence-corrected chi connectivity index (χ4v) is 5.90. The maximum atomic E-state index is 14.1. The molecular formula is C37H30FN3O4. The number of fused-ring (bicyclic) bond motifs is 2. The average molecular weight is 600 g/mol. The zero-order valence-electron chi connectivity index (χ0n) is 24.7. The van der Waals surface area contributed by atoms with Crippen molar-refractivity contribution in [1.82, 2.24) is 4.98 Å². The number of hydrogen-bond donors (Lipinski definition) is 0. The molecule has 5 aromatic rings. The van der Waals surface area contributed by atoms with Gasteiger partial charge in [0.2, 0.25) is 11.8 Å². The van der Waals surface area contributed by atoms with Gasteiger partial charge in [0.15, 0.2) is 0 Å². The summed E-state index contributed by atoms with van der Waals surface area (Å²) in [5, 5.41) is 0. The fraction of sp³-hybridized carbons (Fsp3) is 0.162. The molecular weight excluding hydrogens is 569 g/mol. The molecule has 2 amide bonds. The lowest BCUT2D eigenvalue weighted by atomic mass is 10.0. The summed E-state index contributed by atoms with van der Waals surface area (Å²) in [5.41, 5.74) is 5.66. The molecule has 224 valence electrons. The smallest absolute Gasteiger partial charge is 0.259 e. The fourth-order valence-electron chi connectivity index (χ4n) is 5.90. The molecule has 4 aromatic carbocycles. The number of carbonyl (C=O) groups excluding carboxylic acids is 2. The molecule has 7 nitrogen and oxygen atoms in total. The van der Waals surface area contributed by atoms with Crippen molar-refractivity contribution in [2.45, 2.75) is 32.6 Å². The number of amides is 2. The van der Waals surface area contributed by atoms with Crippen molar-refractivity contribution < 1.29 is 23.5 Å². The Kier molecular flexibility index (Phi) is 7.47. The number of nitrogens with zero attached hydrogens (tertiary/aromatic N) is 3. The highest BCUT2D eigenvalue weighted by Gasteiger charge is 2.34. The number of anilines is 2. The van der Waals surface area contributed by atoms with Crippen LogP contribution < -0.4 is 19.3 Å². The Hall–Kier alpha value is -5.50. The summed E-state index contributed by atoms with van der Waals surface area (Å²) in [4.78, 5) is 35.2. The SMILES string of the molecule is C[C@H]1CN(C(=O)c2ccc3c(c2)CN(c2ccc(OCc4ccccc4)nc2OCc2ccccc2)C3=O)c2cc(F)ccc21. The highest BCUT2D eigenvalue weighted by Crippen LogP contribution is 2.39. The van der Waals surface area contributed by atoms with Gasteiger partial charge < -0.3 is 14.4 Å². The van der Waals surface area contributed by atoms with Crippen LogP contribution in [0.2, 0.25) is 0 Å². The van der Waals surface area contributed by atoms with E-state index in [0.717, 1.165) is 22.3 Å². The molecule has 0 radical (unpaired) electrons. The quantitative estimate of drug-likeness (QED) is 0.187. The van der Waals surface area contributed by atoms with Crippen LogP contribution in [0.4, 0.5) is 15.8 Å². The maximum absolute atomic E-state index is 14.1. The molecule has 7 rings (SSSR count). The van der Waals surface area contributed by atoms with E-state index in [1.54, 1.807) is 46.2 Å². The topological polar surface area (TPSA) is 72.0 Å². The van der Waals surface area contributed by atoms with E-state index in [0.29, 0.717) is 41.5 Å². The third-order valence-corrected chi connectivity index (χ3v) is 8.23. The molecule has 1 aromatic heterocycles. The number of benzene rings is 4. The Labute approximate surface area is 260 Å². The Morgan fingerprint density at radius 1 is 0.844 bits per heavy atom. The molecule has 8 heteroatoms. The van der Waals surface area contributed by atoms with Crippen LogP contribution in [0.5, 0.6) is 11.8 Å². The van der Waals surface area contributed by atoms with Gasteiger partial charge in [0.05, 0.1) is 12.2 Å². The number of rotatable bonds is 8. The number of ether oxygens (including phenoxy) is 2. The van der Waals surface area contributed by atoms with Gasteiger partial charge in [-0.25, -0.2) is 4.39 Å². The van der Waals surface area contributed by atoms with Gasteiger partial charge in [0.25, 0.3) is 11.8 Å². The Morgan fingerprint density at radius 2 is 1.56 bits per heavy atom. The number of hydrogen-bond acceptors (Lipinski definition) is 5.